The Hall–Kier alpha value is -1.42. The van der Waals surface area contributed by atoms with Crippen LogP contribution in [0.4, 0.5) is 0 Å². The van der Waals surface area contributed by atoms with Crippen LogP contribution in [0.3, 0.4) is 0 Å². The highest BCUT2D eigenvalue weighted by Gasteiger charge is 2.40. The summed E-state index contributed by atoms with van der Waals surface area (Å²) in [5.41, 5.74) is 0.549. The second-order valence-corrected chi connectivity index (χ2v) is 6.25. The first-order valence-corrected chi connectivity index (χ1v) is 7.57. The van der Waals surface area contributed by atoms with Crippen molar-refractivity contribution in [1.82, 2.24) is 0 Å². The van der Waals surface area contributed by atoms with Crippen LogP contribution in [0.5, 0.6) is 0 Å². The van der Waals surface area contributed by atoms with Crippen LogP contribution in [-0.2, 0) is 9.53 Å². The monoisotopic (exact) mass is 334 g/mol. The first-order valence-electron chi connectivity index (χ1n) is 6.78. The Bertz CT molecular complexity index is 579. The number of rotatable bonds is 4. The average molecular weight is 335 g/mol. The molecule has 0 amide bonds. The predicted molar refractivity (Wildman–Crippen MR) is 78.3 cm³/mol. The van der Waals surface area contributed by atoms with Gasteiger partial charge < -0.3 is 4.74 Å². The summed E-state index contributed by atoms with van der Waals surface area (Å²) in [5.74, 6) is 0.367. The molecule has 4 heteroatoms. The number of allylic oxidation sites excluding steroid dienone is 2. The number of hydrogen-bond donors (Lipinski definition) is 0. The number of benzene rings is 1. The van der Waals surface area contributed by atoms with Crippen LogP contribution in [0.15, 0.2) is 40.9 Å². The van der Waals surface area contributed by atoms with Crippen LogP contribution >= 0.6 is 15.9 Å². The van der Waals surface area contributed by atoms with Gasteiger partial charge in [0.1, 0.15) is 0 Å². The van der Waals surface area contributed by atoms with Gasteiger partial charge in [0.2, 0.25) is 5.78 Å². The molecular weight excluding hydrogens is 320 g/mol. The minimum Gasteiger partial charge on any atom is -0.457 e. The lowest BCUT2D eigenvalue weighted by Crippen LogP contribution is -2.24. The third-order valence-electron chi connectivity index (χ3n) is 4.10. The number of ketones is 1. The molecule has 1 saturated carbocycles. The van der Waals surface area contributed by atoms with E-state index in [0.29, 0.717) is 17.4 Å². The highest BCUT2D eigenvalue weighted by Crippen LogP contribution is 2.43. The largest absolute Gasteiger partial charge is 0.457 e. The molecule has 1 fully saturated rings. The number of ether oxygens (including phenoxy) is 1. The highest BCUT2D eigenvalue weighted by atomic mass is 79.9. The van der Waals surface area contributed by atoms with Gasteiger partial charge >= 0.3 is 5.97 Å². The van der Waals surface area contributed by atoms with Crippen molar-refractivity contribution in [2.24, 2.45) is 17.8 Å². The summed E-state index contributed by atoms with van der Waals surface area (Å²) in [5, 5.41) is 0. The van der Waals surface area contributed by atoms with Gasteiger partial charge in [0.05, 0.1) is 5.92 Å². The fraction of sp³-hybridized carbons (Fsp3) is 0.375. The van der Waals surface area contributed by atoms with Crippen molar-refractivity contribution in [3.63, 3.8) is 0 Å². The van der Waals surface area contributed by atoms with Gasteiger partial charge in [-0.3, -0.25) is 9.59 Å². The summed E-state index contributed by atoms with van der Waals surface area (Å²) in [6, 6.07) is 7.16. The molecule has 1 aromatic carbocycles. The summed E-state index contributed by atoms with van der Waals surface area (Å²) in [6.45, 7) is -0.182. The molecule has 1 aromatic rings. The summed E-state index contributed by atoms with van der Waals surface area (Å²) < 4.78 is 5.93. The van der Waals surface area contributed by atoms with E-state index in [9.17, 15) is 9.59 Å². The molecule has 0 radical (unpaired) electrons. The van der Waals surface area contributed by atoms with Crippen LogP contribution in [0.25, 0.3) is 0 Å². The number of esters is 1. The standard InChI is InChI=1S/C16H15BrO3/c17-14-4-2-1-3-12(14)15(18)9-20-16(19)13-8-10-5-6-11(13)7-10/h1-6,10-11,13H,7-9H2/t10-,11-,13-/m0/s1. The van der Waals surface area contributed by atoms with E-state index in [2.05, 4.69) is 28.1 Å². The van der Waals surface area contributed by atoms with Crippen molar-refractivity contribution in [3.8, 4) is 0 Å². The van der Waals surface area contributed by atoms with E-state index in [4.69, 9.17) is 4.74 Å². The molecular formula is C16H15BrO3. The van der Waals surface area contributed by atoms with Crippen LogP contribution in [-0.4, -0.2) is 18.4 Å². The maximum atomic E-state index is 12.0. The molecule has 3 rings (SSSR count). The molecule has 3 nitrogen and oxygen atoms in total. The summed E-state index contributed by atoms with van der Waals surface area (Å²) in [4.78, 5) is 24.1. The van der Waals surface area contributed by atoms with E-state index >= 15 is 0 Å². The molecule has 2 aliphatic carbocycles. The molecule has 104 valence electrons. The normalized spacial score (nSPS) is 26.8. The zero-order valence-electron chi connectivity index (χ0n) is 10.9. The molecule has 3 atom stereocenters. The van der Waals surface area contributed by atoms with E-state index in [0.717, 1.165) is 17.3 Å². The van der Waals surface area contributed by atoms with Crippen molar-refractivity contribution in [3.05, 3.63) is 46.5 Å². The fourth-order valence-electron chi connectivity index (χ4n) is 3.06. The van der Waals surface area contributed by atoms with Crippen molar-refractivity contribution >= 4 is 27.7 Å². The van der Waals surface area contributed by atoms with Crippen LogP contribution in [0.1, 0.15) is 23.2 Å². The molecule has 0 N–H and O–H groups in total. The minimum atomic E-state index is -0.234. The number of fused-ring (bicyclic) bond motifs is 2. The minimum absolute atomic E-state index is 0.0583. The smallest absolute Gasteiger partial charge is 0.310 e. The third kappa shape index (κ3) is 2.57. The second kappa shape index (κ2) is 5.52. The van der Waals surface area contributed by atoms with Gasteiger partial charge in [-0.15, -0.1) is 0 Å². The van der Waals surface area contributed by atoms with E-state index in [1.165, 1.54) is 0 Å². The Morgan fingerprint density at radius 1 is 1.20 bits per heavy atom. The van der Waals surface area contributed by atoms with Crippen molar-refractivity contribution in [1.29, 1.82) is 0 Å². The maximum Gasteiger partial charge on any atom is 0.310 e. The first kappa shape index (κ1) is 13.6. The summed E-state index contributed by atoms with van der Waals surface area (Å²) in [7, 11) is 0. The number of Topliss-reactive ketones (excluding diaryl/α,β-unsaturated/α-hetero) is 1. The van der Waals surface area contributed by atoms with Gasteiger partial charge in [-0.1, -0.05) is 46.3 Å². The molecule has 0 spiro atoms. The number of carbonyl (C=O) groups excluding carboxylic acids is 2. The van der Waals surface area contributed by atoms with E-state index in [1.54, 1.807) is 18.2 Å². The lowest BCUT2D eigenvalue weighted by Gasteiger charge is -2.16. The van der Waals surface area contributed by atoms with Gasteiger partial charge in [0.15, 0.2) is 6.61 Å². The van der Waals surface area contributed by atoms with Gasteiger partial charge in [0.25, 0.3) is 0 Å². The number of carbonyl (C=O) groups is 2. The van der Waals surface area contributed by atoms with Crippen LogP contribution < -0.4 is 0 Å². The molecule has 0 heterocycles. The van der Waals surface area contributed by atoms with Gasteiger partial charge in [-0.05, 0) is 30.7 Å². The molecule has 2 bridgehead atoms. The molecule has 20 heavy (non-hydrogen) atoms. The van der Waals surface area contributed by atoms with Gasteiger partial charge in [0, 0.05) is 10.0 Å². The van der Waals surface area contributed by atoms with Gasteiger partial charge in [-0.2, -0.15) is 0 Å². The van der Waals surface area contributed by atoms with E-state index < -0.39 is 0 Å². The lowest BCUT2D eigenvalue weighted by molar-refractivity contribution is -0.148. The third-order valence-corrected chi connectivity index (χ3v) is 4.79. The van der Waals surface area contributed by atoms with Crippen molar-refractivity contribution in [2.45, 2.75) is 12.8 Å². The van der Waals surface area contributed by atoms with Crippen molar-refractivity contribution in [2.75, 3.05) is 6.61 Å². The molecule has 0 saturated heterocycles. The lowest BCUT2D eigenvalue weighted by atomic mass is 9.94. The van der Waals surface area contributed by atoms with Crippen LogP contribution in [0, 0.1) is 17.8 Å². The Morgan fingerprint density at radius 2 is 2.00 bits per heavy atom. The number of halogens is 1. The SMILES string of the molecule is O=C(COC(=O)[C@H]1C[C@H]2C=C[C@H]1C2)c1ccccc1Br. The Kier molecular flexibility index (Phi) is 3.74. The number of hydrogen-bond acceptors (Lipinski definition) is 3. The highest BCUT2D eigenvalue weighted by molar-refractivity contribution is 9.10. The average Bonchev–Trinajstić information content (AvgIpc) is 3.07. The Balaban J connectivity index is 1.57. The van der Waals surface area contributed by atoms with Gasteiger partial charge in [-0.25, -0.2) is 0 Å². The molecule has 0 aromatic heterocycles. The van der Waals surface area contributed by atoms with E-state index in [1.807, 2.05) is 6.07 Å². The van der Waals surface area contributed by atoms with E-state index in [-0.39, 0.29) is 24.3 Å². The predicted octanol–water partition coefficient (Wildman–Crippen LogP) is 3.39. The molecule has 2 aliphatic rings. The maximum absolute atomic E-state index is 12.0. The van der Waals surface area contributed by atoms with Crippen LogP contribution in [0.2, 0.25) is 0 Å². The summed E-state index contributed by atoms with van der Waals surface area (Å²) >= 11 is 3.33. The zero-order chi connectivity index (χ0) is 14.1. The van der Waals surface area contributed by atoms with Crippen molar-refractivity contribution < 1.29 is 14.3 Å². The fourth-order valence-corrected chi connectivity index (χ4v) is 3.57. The topological polar surface area (TPSA) is 43.4 Å². The Labute approximate surface area is 126 Å². The first-order chi connectivity index (χ1) is 9.65. The second-order valence-electron chi connectivity index (χ2n) is 5.40. The summed E-state index contributed by atoms with van der Waals surface area (Å²) in [6.07, 6.45) is 6.21. The quantitative estimate of drug-likeness (QED) is 0.481. The Morgan fingerprint density at radius 3 is 2.65 bits per heavy atom. The zero-order valence-corrected chi connectivity index (χ0v) is 12.5. The molecule has 0 aliphatic heterocycles. The molecule has 0 unspecified atom stereocenters.